The molecule has 0 aromatic heterocycles. The van der Waals surface area contributed by atoms with E-state index >= 15 is 0 Å². The summed E-state index contributed by atoms with van der Waals surface area (Å²) in [5.74, 6) is 0.0743. The Labute approximate surface area is 341 Å². The molecule has 0 bridgehead atoms. The van der Waals surface area contributed by atoms with Gasteiger partial charge in [0, 0.05) is 25.4 Å². The quantitative estimate of drug-likeness (QED) is 0.0545. The van der Waals surface area contributed by atoms with Crippen molar-refractivity contribution in [2.75, 3.05) is 30.3 Å². The molecule has 0 radical (unpaired) electrons. The second kappa shape index (κ2) is 34.0. The molecule has 0 unspecified atom stereocenters. The Kier molecular flexibility index (Phi) is 30.3. The number of hydrogen-bond donors (Lipinski definition) is 1. The van der Waals surface area contributed by atoms with Crippen molar-refractivity contribution < 1.29 is 13.5 Å². The molecule has 0 atom stereocenters. The van der Waals surface area contributed by atoms with Gasteiger partial charge < -0.3 is 10.0 Å². The van der Waals surface area contributed by atoms with E-state index in [0.29, 0.717) is 17.7 Å². The average Bonchev–Trinajstić information content (AvgIpc) is 3.20. The van der Waals surface area contributed by atoms with Gasteiger partial charge >= 0.3 is 0 Å². The predicted octanol–water partition coefficient (Wildman–Crippen LogP) is 15.2. The molecule has 0 amide bonds. The van der Waals surface area contributed by atoms with Crippen LogP contribution in [0.1, 0.15) is 218 Å². The zero-order chi connectivity index (χ0) is 39.5. The molecule has 0 spiro atoms. The summed E-state index contributed by atoms with van der Waals surface area (Å²) in [6.07, 6.45) is 44.2. The summed E-state index contributed by atoms with van der Waals surface area (Å²) in [6, 6.07) is 16.2. The monoisotopic (exact) mass is 780 g/mol. The molecular formula is C50H85NO3S. The fraction of sp³-hybridized carbons (Fsp3) is 0.720. The van der Waals surface area contributed by atoms with Gasteiger partial charge in [0.2, 0.25) is 0 Å². The summed E-state index contributed by atoms with van der Waals surface area (Å²) in [7, 11) is -3.31. The summed E-state index contributed by atoms with van der Waals surface area (Å²) in [6.45, 7) is 6.90. The van der Waals surface area contributed by atoms with Crippen molar-refractivity contribution in [2.24, 2.45) is 0 Å². The molecule has 5 heteroatoms. The van der Waals surface area contributed by atoms with Crippen LogP contribution in [-0.4, -0.2) is 39.0 Å². The molecule has 0 aliphatic rings. The minimum Gasteiger partial charge on any atom is -0.396 e. The number of benzene rings is 2. The molecule has 2 aromatic carbocycles. The van der Waals surface area contributed by atoms with Crippen LogP contribution in [0, 0.1) is 0 Å². The lowest BCUT2D eigenvalue weighted by atomic mass is 10.0. The third kappa shape index (κ3) is 25.7. The van der Waals surface area contributed by atoms with Crippen LogP contribution in [0.2, 0.25) is 0 Å². The van der Waals surface area contributed by atoms with E-state index in [2.05, 4.69) is 55.2 Å². The standard InChI is InChI=1S/C50H85NO3S/c1-3-5-7-9-11-13-15-17-19-21-23-25-27-29-43-51(44-30-28-26-24-22-20-18-16-14-12-10-8-6-4-2)49-39-35-47(36-40-49)33-34-48-37-41-50(42-38-48)55(53,54)46-32-31-45-52/h33-42,52H,3-32,43-46H2,1-2H3. The number of anilines is 1. The molecule has 0 aliphatic heterocycles. The second-order valence-corrected chi connectivity index (χ2v) is 18.5. The zero-order valence-corrected chi connectivity index (χ0v) is 36.8. The minimum absolute atomic E-state index is 0.0251. The van der Waals surface area contributed by atoms with E-state index in [0.717, 1.165) is 24.2 Å². The highest BCUT2D eigenvalue weighted by Crippen LogP contribution is 2.21. The third-order valence-electron chi connectivity index (χ3n) is 11.4. The Hall–Kier alpha value is -2.11. The summed E-state index contributed by atoms with van der Waals surface area (Å²) in [5, 5.41) is 8.98. The molecule has 0 saturated carbocycles. The van der Waals surface area contributed by atoms with Crippen LogP contribution in [0.5, 0.6) is 0 Å². The SMILES string of the molecule is CCCCCCCCCCCCCCCCN(CCCCCCCCCCCCCCCC)c1ccc(C=Cc2ccc(S(=O)(=O)CCCCO)cc2)cc1. The van der Waals surface area contributed by atoms with Crippen LogP contribution in [0.15, 0.2) is 53.4 Å². The van der Waals surface area contributed by atoms with Crippen molar-refractivity contribution in [3.63, 3.8) is 0 Å². The van der Waals surface area contributed by atoms with E-state index in [4.69, 9.17) is 5.11 Å². The van der Waals surface area contributed by atoms with Crippen LogP contribution >= 0.6 is 0 Å². The van der Waals surface area contributed by atoms with Gasteiger partial charge in [-0.3, -0.25) is 0 Å². The van der Waals surface area contributed by atoms with Crippen molar-refractivity contribution >= 4 is 27.7 Å². The van der Waals surface area contributed by atoms with Gasteiger partial charge in [-0.05, 0) is 61.1 Å². The number of aliphatic hydroxyl groups excluding tert-OH is 1. The predicted molar refractivity (Wildman–Crippen MR) is 243 cm³/mol. The zero-order valence-electron chi connectivity index (χ0n) is 35.9. The highest BCUT2D eigenvalue weighted by atomic mass is 32.2. The molecule has 0 saturated heterocycles. The van der Waals surface area contributed by atoms with E-state index in [1.54, 1.807) is 12.1 Å². The first-order valence-electron chi connectivity index (χ1n) is 23.5. The number of aliphatic hydroxyl groups is 1. The van der Waals surface area contributed by atoms with Gasteiger partial charge in [0.25, 0.3) is 0 Å². The fourth-order valence-corrected chi connectivity index (χ4v) is 9.03. The topological polar surface area (TPSA) is 57.6 Å². The van der Waals surface area contributed by atoms with Gasteiger partial charge in [-0.2, -0.15) is 0 Å². The van der Waals surface area contributed by atoms with E-state index in [1.165, 1.54) is 185 Å². The van der Waals surface area contributed by atoms with Gasteiger partial charge in [-0.25, -0.2) is 8.42 Å². The lowest BCUT2D eigenvalue weighted by Gasteiger charge is -2.25. The molecule has 2 aromatic rings. The van der Waals surface area contributed by atoms with Gasteiger partial charge in [0.1, 0.15) is 0 Å². The van der Waals surface area contributed by atoms with Gasteiger partial charge in [0.05, 0.1) is 10.6 Å². The molecule has 55 heavy (non-hydrogen) atoms. The van der Waals surface area contributed by atoms with E-state index < -0.39 is 9.84 Å². The largest absolute Gasteiger partial charge is 0.396 e. The first kappa shape index (κ1) is 49.0. The van der Waals surface area contributed by atoms with Crippen LogP contribution < -0.4 is 4.90 Å². The Balaban J connectivity index is 1.77. The minimum atomic E-state index is -3.31. The Morgan fingerprint density at radius 3 is 1.11 bits per heavy atom. The molecule has 1 N–H and O–H groups in total. The first-order valence-corrected chi connectivity index (χ1v) is 25.1. The van der Waals surface area contributed by atoms with Gasteiger partial charge in [0.15, 0.2) is 9.84 Å². The summed E-state index contributed by atoms with van der Waals surface area (Å²) < 4.78 is 25.1. The maximum Gasteiger partial charge on any atom is 0.178 e. The van der Waals surface area contributed by atoms with Crippen LogP contribution in [-0.2, 0) is 9.84 Å². The average molecular weight is 780 g/mol. The Morgan fingerprint density at radius 1 is 0.436 bits per heavy atom. The molecule has 4 nitrogen and oxygen atoms in total. The van der Waals surface area contributed by atoms with Crippen LogP contribution in [0.25, 0.3) is 12.2 Å². The second-order valence-electron chi connectivity index (χ2n) is 16.4. The highest BCUT2D eigenvalue weighted by Gasteiger charge is 2.13. The van der Waals surface area contributed by atoms with Gasteiger partial charge in [-0.1, -0.05) is 217 Å². The lowest BCUT2D eigenvalue weighted by molar-refractivity contribution is 0.287. The number of rotatable bonds is 38. The molecule has 314 valence electrons. The molecule has 0 heterocycles. The van der Waals surface area contributed by atoms with Crippen LogP contribution in [0.4, 0.5) is 5.69 Å². The number of hydrogen-bond acceptors (Lipinski definition) is 4. The number of sulfone groups is 1. The molecular weight excluding hydrogens is 695 g/mol. The van der Waals surface area contributed by atoms with Crippen LogP contribution in [0.3, 0.4) is 0 Å². The van der Waals surface area contributed by atoms with Crippen molar-refractivity contribution in [2.45, 2.75) is 211 Å². The van der Waals surface area contributed by atoms with Crippen molar-refractivity contribution in [3.8, 4) is 0 Å². The molecule has 2 rings (SSSR count). The van der Waals surface area contributed by atoms with Crippen molar-refractivity contribution in [1.29, 1.82) is 0 Å². The third-order valence-corrected chi connectivity index (χ3v) is 13.2. The van der Waals surface area contributed by atoms with E-state index in [1.807, 2.05) is 12.1 Å². The van der Waals surface area contributed by atoms with Gasteiger partial charge in [-0.15, -0.1) is 0 Å². The number of nitrogens with zero attached hydrogens (tertiary/aromatic N) is 1. The Morgan fingerprint density at radius 2 is 0.764 bits per heavy atom. The summed E-state index contributed by atoms with van der Waals surface area (Å²) in [4.78, 5) is 2.98. The summed E-state index contributed by atoms with van der Waals surface area (Å²) >= 11 is 0. The summed E-state index contributed by atoms with van der Waals surface area (Å²) in [5.41, 5.74) is 3.46. The highest BCUT2D eigenvalue weighted by molar-refractivity contribution is 7.91. The van der Waals surface area contributed by atoms with Crippen molar-refractivity contribution in [1.82, 2.24) is 0 Å². The van der Waals surface area contributed by atoms with Crippen molar-refractivity contribution in [3.05, 3.63) is 59.7 Å². The van der Waals surface area contributed by atoms with E-state index in [-0.39, 0.29) is 12.4 Å². The maximum atomic E-state index is 12.6. The van der Waals surface area contributed by atoms with E-state index in [9.17, 15) is 8.42 Å². The normalized spacial score (nSPS) is 11.9. The first-order chi connectivity index (χ1) is 27.0. The lowest BCUT2D eigenvalue weighted by Crippen LogP contribution is -2.25. The molecule has 0 aliphatic carbocycles. The Bertz CT molecular complexity index is 1240. The smallest absolute Gasteiger partial charge is 0.178 e. The fourth-order valence-electron chi connectivity index (χ4n) is 7.66. The maximum absolute atomic E-state index is 12.6. The molecule has 0 fully saturated rings. The number of unbranched alkanes of at least 4 members (excludes halogenated alkanes) is 27.